The van der Waals surface area contributed by atoms with Gasteiger partial charge in [-0.05, 0) is 18.2 Å². The number of fused-ring (bicyclic) bond motifs is 1. The van der Waals surface area contributed by atoms with Crippen molar-refractivity contribution in [2.75, 3.05) is 0 Å². The van der Waals surface area contributed by atoms with Crippen LogP contribution >= 0.6 is 23.2 Å². The van der Waals surface area contributed by atoms with E-state index >= 15 is 0 Å². The van der Waals surface area contributed by atoms with Crippen molar-refractivity contribution in [1.29, 1.82) is 0 Å². The number of carboxylic acids is 1. The molecular formula is C15H9Cl2FN2O2. The van der Waals surface area contributed by atoms with E-state index in [-0.39, 0.29) is 17.7 Å². The van der Waals surface area contributed by atoms with E-state index in [9.17, 15) is 9.18 Å². The minimum absolute atomic E-state index is 0.0673. The van der Waals surface area contributed by atoms with Gasteiger partial charge in [0.25, 0.3) is 0 Å². The summed E-state index contributed by atoms with van der Waals surface area (Å²) in [6.07, 6.45) is 1.58. The summed E-state index contributed by atoms with van der Waals surface area (Å²) in [4.78, 5) is 11.0. The molecule has 0 amide bonds. The van der Waals surface area contributed by atoms with E-state index in [0.29, 0.717) is 15.6 Å². The monoisotopic (exact) mass is 338 g/mol. The van der Waals surface area contributed by atoms with E-state index in [1.165, 1.54) is 22.9 Å². The lowest BCUT2D eigenvalue weighted by atomic mass is 10.1. The number of carboxylic acid groups (broad SMARTS) is 1. The highest BCUT2D eigenvalue weighted by Crippen LogP contribution is 2.28. The summed E-state index contributed by atoms with van der Waals surface area (Å²) >= 11 is 12.1. The summed E-state index contributed by atoms with van der Waals surface area (Å²) in [6.45, 7) is 0.0673. The van der Waals surface area contributed by atoms with E-state index in [2.05, 4.69) is 5.10 Å². The zero-order valence-corrected chi connectivity index (χ0v) is 12.6. The Morgan fingerprint density at radius 2 is 2.09 bits per heavy atom. The topological polar surface area (TPSA) is 55.1 Å². The maximum absolute atomic E-state index is 14.2. The van der Waals surface area contributed by atoms with Gasteiger partial charge in [-0.25, -0.2) is 9.18 Å². The van der Waals surface area contributed by atoms with Crippen molar-refractivity contribution < 1.29 is 14.3 Å². The van der Waals surface area contributed by atoms with Gasteiger partial charge in [0.15, 0.2) is 0 Å². The molecule has 2 aromatic carbocycles. The quantitative estimate of drug-likeness (QED) is 0.777. The van der Waals surface area contributed by atoms with Crippen LogP contribution in [0.5, 0.6) is 0 Å². The van der Waals surface area contributed by atoms with Gasteiger partial charge in [0.2, 0.25) is 0 Å². The van der Waals surface area contributed by atoms with E-state index in [0.717, 1.165) is 5.39 Å². The molecule has 0 bridgehead atoms. The third kappa shape index (κ3) is 2.53. The minimum Gasteiger partial charge on any atom is -0.478 e. The highest BCUT2D eigenvalue weighted by molar-refractivity contribution is 6.38. The maximum atomic E-state index is 14.2. The van der Waals surface area contributed by atoms with E-state index < -0.39 is 11.8 Å². The van der Waals surface area contributed by atoms with Crippen molar-refractivity contribution in [3.8, 4) is 0 Å². The zero-order chi connectivity index (χ0) is 15.9. The second-order valence-corrected chi connectivity index (χ2v) is 5.56. The average Bonchev–Trinajstić information content (AvgIpc) is 2.83. The number of aromatic nitrogens is 2. The molecule has 0 aliphatic heterocycles. The first-order valence-corrected chi connectivity index (χ1v) is 7.04. The number of aromatic carboxylic acids is 1. The van der Waals surface area contributed by atoms with Crippen LogP contribution in [-0.2, 0) is 6.54 Å². The number of rotatable bonds is 3. The van der Waals surface area contributed by atoms with Gasteiger partial charge in [-0.15, -0.1) is 0 Å². The van der Waals surface area contributed by atoms with Crippen LogP contribution in [-0.4, -0.2) is 20.9 Å². The summed E-state index contributed by atoms with van der Waals surface area (Å²) in [6, 6.07) is 7.50. The normalized spacial score (nSPS) is 11.0. The van der Waals surface area contributed by atoms with Crippen LogP contribution in [0.4, 0.5) is 4.39 Å². The molecule has 0 aliphatic carbocycles. The fourth-order valence-corrected chi connectivity index (χ4v) is 2.90. The highest BCUT2D eigenvalue weighted by atomic mass is 35.5. The van der Waals surface area contributed by atoms with E-state index in [4.69, 9.17) is 28.3 Å². The van der Waals surface area contributed by atoms with Gasteiger partial charge in [0.1, 0.15) is 5.82 Å². The standard InChI is InChI=1S/C15H9Cl2FN2O2/c16-10-4-9-6-19-20(14(9)12(17)5-10)7-8-2-1-3-11(13(8)18)15(21)22/h1-6H,7H2,(H,21,22). The Morgan fingerprint density at radius 1 is 1.32 bits per heavy atom. The smallest absolute Gasteiger partial charge is 0.338 e. The Bertz CT molecular complexity index is 893. The number of hydrogen-bond acceptors (Lipinski definition) is 2. The Balaban J connectivity index is 2.08. The molecule has 22 heavy (non-hydrogen) atoms. The fourth-order valence-electron chi connectivity index (χ4n) is 2.29. The van der Waals surface area contributed by atoms with Crippen molar-refractivity contribution in [3.63, 3.8) is 0 Å². The van der Waals surface area contributed by atoms with Gasteiger partial charge in [-0.2, -0.15) is 5.10 Å². The lowest BCUT2D eigenvalue weighted by Crippen LogP contribution is -2.08. The van der Waals surface area contributed by atoms with E-state index in [1.54, 1.807) is 18.3 Å². The Labute approximate surface area is 134 Å². The number of carbonyl (C=O) groups is 1. The lowest BCUT2D eigenvalue weighted by molar-refractivity contribution is 0.0691. The van der Waals surface area contributed by atoms with Crippen molar-refractivity contribution in [1.82, 2.24) is 9.78 Å². The first-order chi connectivity index (χ1) is 10.5. The first-order valence-electron chi connectivity index (χ1n) is 6.28. The number of nitrogens with zero attached hydrogens (tertiary/aromatic N) is 2. The minimum atomic E-state index is -1.31. The molecule has 0 unspecified atom stereocenters. The maximum Gasteiger partial charge on any atom is 0.338 e. The molecule has 0 fully saturated rings. The van der Waals surface area contributed by atoms with Crippen LogP contribution < -0.4 is 0 Å². The predicted octanol–water partition coefficient (Wildman–Crippen LogP) is 4.23. The van der Waals surface area contributed by atoms with Crippen LogP contribution in [0.2, 0.25) is 10.0 Å². The van der Waals surface area contributed by atoms with Crippen LogP contribution in [0, 0.1) is 5.82 Å². The summed E-state index contributed by atoms with van der Waals surface area (Å²) in [5.41, 5.74) is 0.463. The molecule has 0 saturated carbocycles. The van der Waals surface area contributed by atoms with Crippen molar-refractivity contribution >= 4 is 40.1 Å². The molecule has 0 atom stereocenters. The number of hydrogen-bond donors (Lipinski definition) is 1. The molecule has 3 aromatic rings. The molecule has 1 aromatic heterocycles. The first kappa shape index (κ1) is 14.8. The number of halogens is 3. The van der Waals surface area contributed by atoms with Crippen LogP contribution in [0.15, 0.2) is 36.5 Å². The van der Waals surface area contributed by atoms with Gasteiger partial charge < -0.3 is 5.11 Å². The highest BCUT2D eigenvalue weighted by Gasteiger charge is 2.16. The third-order valence-electron chi connectivity index (χ3n) is 3.28. The SMILES string of the molecule is O=C(O)c1cccc(Cn2ncc3cc(Cl)cc(Cl)c32)c1F. The van der Waals surface area contributed by atoms with Gasteiger partial charge in [0, 0.05) is 16.0 Å². The average molecular weight is 339 g/mol. The zero-order valence-electron chi connectivity index (χ0n) is 11.1. The Hall–Kier alpha value is -2.11. The summed E-state index contributed by atoms with van der Waals surface area (Å²) < 4.78 is 15.7. The molecule has 112 valence electrons. The number of benzene rings is 2. The largest absolute Gasteiger partial charge is 0.478 e. The molecule has 3 rings (SSSR count). The second-order valence-electron chi connectivity index (χ2n) is 4.71. The molecule has 0 saturated heterocycles. The Kier molecular flexibility index (Phi) is 3.76. The predicted molar refractivity (Wildman–Crippen MR) is 82.2 cm³/mol. The third-order valence-corrected chi connectivity index (χ3v) is 3.79. The molecule has 7 heteroatoms. The van der Waals surface area contributed by atoms with E-state index in [1.807, 2.05) is 0 Å². The Morgan fingerprint density at radius 3 is 2.82 bits per heavy atom. The second kappa shape index (κ2) is 5.59. The van der Waals surface area contributed by atoms with Gasteiger partial charge >= 0.3 is 5.97 Å². The van der Waals surface area contributed by atoms with Crippen LogP contribution in [0.3, 0.4) is 0 Å². The van der Waals surface area contributed by atoms with Gasteiger partial charge in [-0.3, -0.25) is 4.68 Å². The van der Waals surface area contributed by atoms with Crippen molar-refractivity contribution in [2.45, 2.75) is 6.54 Å². The molecule has 1 N–H and O–H groups in total. The van der Waals surface area contributed by atoms with Crippen molar-refractivity contribution in [2.24, 2.45) is 0 Å². The van der Waals surface area contributed by atoms with Crippen LogP contribution in [0.1, 0.15) is 15.9 Å². The van der Waals surface area contributed by atoms with Gasteiger partial charge in [0.05, 0.1) is 28.8 Å². The van der Waals surface area contributed by atoms with Crippen molar-refractivity contribution in [3.05, 3.63) is 63.5 Å². The van der Waals surface area contributed by atoms with Gasteiger partial charge in [-0.1, -0.05) is 35.3 Å². The molecule has 0 radical (unpaired) electrons. The summed E-state index contributed by atoms with van der Waals surface area (Å²) in [7, 11) is 0. The van der Waals surface area contributed by atoms with Crippen LogP contribution in [0.25, 0.3) is 10.9 Å². The lowest BCUT2D eigenvalue weighted by Gasteiger charge is -2.08. The molecular weight excluding hydrogens is 330 g/mol. The molecule has 0 aliphatic rings. The summed E-state index contributed by atoms with van der Waals surface area (Å²) in [5, 5.41) is 14.7. The molecule has 4 nitrogen and oxygen atoms in total. The fraction of sp³-hybridized carbons (Fsp3) is 0.0667. The summed E-state index contributed by atoms with van der Waals surface area (Å²) in [5.74, 6) is -2.08. The molecule has 1 heterocycles. The molecule has 0 spiro atoms.